The number of hydrogen-bond donors (Lipinski definition) is 0. The summed E-state index contributed by atoms with van der Waals surface area (Å²) in [4.78, 5) is 20.0. The Morgan fingerprint density at radius 1 is 0.970 bits per heavy atom. The molecule has 3 aromatic rings. The van der Waals surface area contributed by atoms with Crippen LogP contribution in [0.15, 0.2) is 59.1 Å². The van der Waals surface area contributed by atoms with Crippen LogP contribution >= 0.6 is 0 Å². The molecule has 1 aliphatic rings. The van der Waals surface area contributed by atoms with Crippen molar-refractivity contribution in [1.82, 2.24) is 15.0 Å². The van der Waals surface area contributed by atoms with E-state index in [1.54, 1.807) is 0 Å². The molecule has 0 atom stereocenters. The van der Waals surface area contributed by atoms with Gasteiger partial charge in [-0.2, -0.15) is 0 Å². The van der Waals surface area contributed by atoms with E-state index in [2.05, 4.69) is 27.1 Å². The minimum Gasteiger partial charge on any atom is -0.340 e. The van der Waals surface area contributed by atoms with Crippen LogP contribution in [0, 0.1) is 6.92 Å². The summed E-state index contributed by atoms with van der Waals surface area (Å²) in [5, 5.41) is 4.49. The van der Waals surface area contributed by atoms with Gasteiger partial charge in [0.1, 0.15) is 5.69 Å². The molecule has 2 heterocycles. The van der Waals surface area contributed by atoms with Gasteiger partial charge in [-0.15, -0.1) is 0 Å². The molecule has 1 fully saturated rings. The number of aromatic nitrogens is 1. The van der Waals surface area contributed by atoms with Crippen LogP contribution in [0.1, 0.15) is 40.7 Å². The molecule has 2 aromatic carbocycles. The number of anilines is 1. The number of carbonyl (C=O) groups is 1. The third-order valence-electron chi connectivity index (χ3n) is 6.29. The predicted molar refractivity (Wildman–Crippen MR) is 132 cm³/mol. The van der Waals surface area contributed by atoms with Crippen LogP contribution in [0.5, 0.6) is 0 Å². The SMILES string of the molecule is Cc1ccccc1C(=O)N(CCN(C)C)Cc1c(-c2ccccc2)noc1N1CCCCC1. The molecule has 1 aromatic heterocycles. The second-order valence-electron chi connectivity index (χ2n) is 9.07. The highest BCUT2D eigenvalue weighted by atomic mass is 16.5. The van der Waals surface area contributed by atoms with Gasteiger partial charge in [-0.3, -0.25) is 4.79 Å². The van der Waals surface area contributed by atoms with E-state index in [1.807, 2.05) is 68.4 Å². The number of nitrogens with zero attached hydrogens (tertiary/aromatic N) is 4. The van der Waals surface area contributed by atoms with Crippen molar-refractivity contribution in [3.8, 4) is 11.3 Å². The standard InChI is InChI=1S/C27H34N4O2/c1-21-12-8-9-15-23(21)26(32)31(19-18-29(2)3)20-24-25(22-13-6-4-7-14-22)28-33-27(24)30-16-10-5-11-17-30/h4,6-9,12-15H,5,10-11,16-20H2,1-3H3. The fraction of sp³-hybridized carbons (Fsp3) is 0.407. The van der Waals surface area contributed by atoms with E-state index < -0.39 is 0 Å². The van der Waals surface area contributed by atoms with Crippen LogP contribution in [0.3, 0.4) is 0 Å². The van der Waals surface area contributed by atoms with Crippen molar-refractivity contribution in [2.75, 3.05) is 45.2 Å². The number of hydrogen-bond acceptors (Lipinski definition) is 5. The Labute approximate surface area is 196 Å². The Balaban J connectivity index is 1.72. The molecular formula is C27H34N4O2. The van der Waals surface area contributed by atoms with Gasteiger partial charge in [-0.1, -0.05) is 53.7 Å². The van der Waals surface area contributed by atoms with E-state index in [4.69, 9.17) is 4.52 Å². The summed E-state index contributed by atoms with van der Waals surface area (Å²) < 4.78 is 5.95. The predicted octanol–water partition coefficient (Wildman–Crippen LogP) is 4.84. The molecule has 1 aliphatic heterocycles. The van der Waals surface area contributed by atoms with Crippen molar-refractivity contribution in [2.24, 2.45) is 0 Å². The van der Waals surface area contributed by atoms with E-state index in [-0.39, 0.29) is 5.91 Å². The summed E-state index contributed by atoms with van der Waals surface area (Å²) >= 11 is 0. The number of rotatable bonds is 8. The molecule has 6 heteroatoms. The van der Waals surface area contributed by atoms with Crippen molar-refractivity contribution in [2.45, 2.75) is 32.7 Å². The van der Waals surface area contributed by atoms with Gasteiger partial charge < -0.3 is 19.2 Å². The molecule has 0 unspecified atom stereocenters. The van der Waals surface area contributed by atoms with Gasteiger partial charge in [0.15, 0.2) is 0 Å². The summed E-state index contributed by atoms with van der Waals surface area (Å²) in [5.74, 6) is 0.848. The zero-order valence-corrected chi connectivity index (χ0v) is 20.0. The molecule has 1 saturated heterocycles. The van der Waals surface area contributed by atoms with Gasteiger partial charge in [0.2, 0.25) is 5.88 Å². The number of carbonyl (C=O) groups excluding carboxylic acids is 1. The minimum atomic E-state index is 0.0414. The number of amides is 1. The highest BCUT2D eigenvalue weighted by Gasteiger charge is 2.27. The normalized spacial score (nSPS) is 14.0. The third-order valence-corrected chi connectivity index (χ3v) is 6.29. The molecule has 4 rings (SSSR count). The fourth-order valence-electron chi connectivity index (χ4n) is 4.36. The molecule has 0 saturated carbocycles. The number of aryl methyl sites for hydroxylation is 1. The Bertz CT molecular complexity index is 1050. The lowest BCUT2D eigenvalue weighted by atomic mass is 10.0. The molecule has 0 aliphatic carbocycles. The highest BCUT2D eigenvalue weighted by Crippen LogP contribution is 2.34. The van der Waals surface area contributed by atoms with Crippen molar-refractivity contribution in [1.29, 1.82) is 0 Å². The van der Waals surface area contributed by atoms with Crippen LogP contribution in [-0.2, 0) is 6.54 Å². The quantitative estimate of drug-likeness (QED) is 0.495. The van der Waals surface area contributed by atoms with Gasteiger partial charge >= 0.3 is 0 Å². The molecule has 0 spiro atoms. The van der Waals surface area contributed by atoms with Crippen LogP contribution in [-0.4, -0.2) is 61.1 Å². The average molecular weight is 447 g/mol. The zero-order valence-electron chi connectivity index (χ0n) is 20.0. The molecule has 6 nitrogen and oxygen atoms in total. The Morgan fingerprint density at radius 3 is 2.36 bits per heavy atom. The first kappa shape index (κ1) is 23.1. The Morgan fingerprint density at radius 2 is 1.67 bits per heavy atom. The monoisotopic (exact) mass is 446 g/mol. The summed E-state index contributed by atoms with van der Waals surface area (Å²) in [6.45, 7) is 5.77. The van der Waals surface area contributed by atoms with Gasteiger partial charge in [-0.25, -0.2) is 0 Å². The van der Waals surface area contributed by atoms with Gasteiger partial charge in [0, 0.05) is 37.3 Å². The van der Waals surface area contributed by atoms with Crippen LogP contribution < -0.4 is 4.90 Å². The smallest absolute Gasteiger partial charge is 0.254 e. The summed E-state index contributed by atoms with van der Waals surface area (Å²) in [7, 11) is 4.06. The second kappa shape index (κ2) is 10.7. The molecule has 1 amide bonds. The lowest BCUT2D eigenvalue weighted by molar-refractivity contribution is 0.0731. The van der Waals surface area contributed by atoms with E-state index in [0.29, 0.717) is 13.1 Å². The van der Waals surface area contributed by atoms with Crippen molar-refractivity contribution >= 4 is 11.8 Å². The molecule has 0 radical (unpaired) electrons. The Hall–Kier alpha value is -3.12. The maximum atomic E-state index is 13.7. The first-order valence-corrected chi connectivity index (χ1v) is 11.8. The van der Waals surface area contributed by atoms with E-state index >= 15 is 0 Å². The fourth-order valence-corrected chi connectivity index (χ4v) is 4.36. The second-order valence-corrected chi connectivity index (χ2v) is 9.07. The van der Waals surface area contributed by atoms with Crippen LogP contribution in [0.2, 0.25) is 0 Å². The third kappa shape index (κ3) is 5.45. The minimum absolute atomic E-state index is 0.0414. The zero-order chi connectivity index (χ0) is 23.2. The van der Waals surface area contributed by atoms with E-state index in [0.717, 1.165) is 66.3 Å². The molecule has 0 N–H and O–H groups in total. The number of benzene rings is 2. The lowest BCUT2D eigenvalue weighted by Crippen LogP contribution is -2.37. The van der Waals surface area contributed by atoms with Gasteiger partial charge in [0.05, 0.1) is 12.1 Å². The van der Waals surface area contributed by atoms with E-state index in [1.165, 1.54) is 6.42 Å². The molecular weight excluding hydrogens is 412 g/mol. The molecule has 33 heavy (non-hydrogen) atoms. The highest BCUT2D eigenvalue weighted by molar-refractivity contribution is 5.95. The summed E-state index contributed by atoms with van der Waals surface area (Å²) in [6.07, 6.45) is 3.53. The topological polar surface area (TPSA) is 52.8 Å². The Kier molecular flexibility index (Phi) is 7.45. The maximum Gasteiger partial charge on any atom is 0.254 e. The van der Waals surface area contributed by atoms with Crippen LogP contribution in [0.25, 0.3) is 11.3 Å². The van der Waals surface area contributed by atoms with Crippen molar-refractivity contribution in [3.05, 3.63) is 71.3 Å². The molecule has 174 valence electrons. The number of piperidine rings is 1. The average Bonchev–Trinajstić information content (AvgIpc) is 3.26. The lowest BCUT2D eigenvalue weighted by Gasteiger charge is -2.29. The van der Waals surface area contributed by atoms with Crippen molar-refractivity contribution in [3.63, 3.8) is 0 Å². The van der Waals surface area contributed by atoms with E-state index in [9.17, 15) is 4.79 Å². The van der Waals surface area contributed by atoms with Gasteiger partial charge in [-0.05, 0) is 51.9 Å². The van der Waals surface area contributed by atoms with Crippen LogP contribution in [0.4, 0.5) is 5.88 Å². The van der Waals surface area contributed by atoms with Gasteiger partial charge in [0.25, 0.3) is 5.91 Å². The first-order chi connectivity index (χ1) is 16.0. The summed E-state index contributed by atoms with van der Waals surface area (Å²) in [6, 6.07) is 17.9. The molecule has 0 bridgehead atoms. The first-order valence-electron chi connectivity index (χ1n) is 11.8. The summed E-state index contributed by atoms with van der Waals surface area (Å²) in [5.41, 5.74) is 4.55. The maximum absolute atomic E-state index is 13.7. The number of likely N-dealkylation sites (N-methyl/N-ethyl adjacent to an activating group) is 1. The largest absolute Gasteiger partial charge is 0.340 e. The van der Waals surface area contributed by atoms with Crippen molar-refractivity contribution < 1.29 is 9.32 Å².